The van der Waals surface area contributed by atoms with Crippen molar-refractivity contribution in [3.05, 3.63) is 182 Å². The molecular formula is C51H51N3OS8. The molecule has 0 saturated heterocycles. The zero-order chi connectivity index (χ0) is 43.5. The second kappa shape index (κ2) is 26.0. The minimum absolute atomic E-state index is 0.0371. The zero-order valence-electron chi connectivity index (χ0n) is 34.9. The van der Waals surface area contributed by atoms with Gasteiger partial charge in [-0.05, 0) is 144 Å². The molecule has 4 nitrogen and oxygen atoms in total. The third-order valence-electron chi connectivity index (χ3n) is 11.0. The molecule has 1 fully saturated rings. The number of nitrogens with zero attached hydrogens (tertiary/aromatic N) is 3. The number of carbonyl (C=O) groups is 1. The van der Waals surface area contributed by atoms with Crippen LogP contribution in [0, 0.1) is 17.8 Å². The Morgan fingerprint density at radius 1 is 0.413 bits per heavy atom. The molecule has 1 saturated carbocycles. The summed E-state index contributed by atoms with van der Waals surface area (Å²) in [6, 6.07) is 61.6. The van der Waals surface area contributed by atoms with Crippen molar-refractivity contribution in [3.8, 4) is 0 Å². The van der Waals surface area contributed by atoms with Crippen LogP contribution in [0.15, 0.2) is 182 Å². The van der Waals surface area contributed by atoms with Crippen molar-refractivity contribution in [2.24, 2.45) is 17.8 Å². The maximum atomic E-state index is 13.7. The van der Waals surface area contributed by atoms with E-state index in [4.69, 9.17) is 24.4 Å². The van der Waals surface area contributed by atoms with Gasteiger partial charge >= 0.3 is 5.24 Å². The molecule has 1 aliphatic carbocycles. The van der Waals surface area contributed by atoms with Crippen molar-refractivity contribution in [3.63, 3.8) is 0 Å². The van der Waals surface area contributed by atoms with Gasteiger partial charge in [-0.15, -0.1) is 0 Å². The molecule has 0 N–H and O–H groups in total. The number of thiocarbonyl (C=S) groups is 2. The molecule has 0 radical (unpaired) electrons. The van der Waals surface area contributed by atoms with Gasteiger partial charge < -0.3 is 0 Å². The van der Waals surface area contributed by atoms with Crippen LogP contribution in [0.25, 0.3) is 0 Å². The van der Waals surface area contributed by atoms with Crippen LogP contribution in [0.1, 0.15) is 38.5 Å². The second-order valence-corrected chi connectivity index (χ2v) is 23.6. The topological polar surface area (TPSA) is 26.8 Å². The smallest absolute Gasteiger partial charge is 0.295 e. The highest BCUT2D eigenvalue weighted by molar-refractivity contribution is 8.84. The fourth-order valence-corrected chi connectivity index (χ4v) is 15.1. The number of benzene rings is 6. The molecule has 0 spiro atoms. The molecule has 6 aromatic rings. The van der Waals surface area contributed by atoms with E-state index in [9.17, 15) is 4.79 Å². The first kappa shape index (κ1) is 47.6. The van der Waals surface area contributed by atoms with E-state index in [1.807, 2.05) is 111 Å². The van der Waals surface area contributed by atoms with Gasteiger partial charge in [-0.1, -0.05) is 172 Å². The largest absolute Gasteiger partial charge is 0.301 e. The van der Waals surface area contributed by atoms with Crippen LogP contribution >= 0.6 is 89.2 Å². The van der Waals surface area contributed by atoms with Gasteiger partial charge in [-0.2, -0.15) is 0 Å². The van der Waals surface area contributed by atoms with E-state index in [1.54, 1.807) is 32.4 Å². The fourth-order valence-electron chi connectivity index (χ4n) is 7.96. The lowest BCUT2D eigenvalue weighted by molar-refractivity contribution is 0.169. The standard InChI is InChI=1S/C51H51N3OS8/c55-49(52(43-19-7-1-8-20-43)44-21-9-2-10-22-44)61-58-36-33-40-31-32-41(34-37-59-62-50(56)53(45-23-11-3-12-24-45)46-25-13-4-14-26-46)42(39-40)35-38-60-63-51(57)54(47-27-15-5-16-28-47)48-29-17-6-18-30-48/h1-30,40-42H,31-39H2. The third kappa shape index (κ3) is 14.3. The predicted molar refractivity (Wildman–Crippen MR) is 294 cm³/mol. The maximum Gasteiger partial charge on any atom is 0.301 e. The summed E-state index contributed by atoms with van der Waals surface area (Å²) in [4.78, 5) is 19.9. The number of anilines is 6. The lowest BCUT2D eigenvalue weighted by Gasteiger charge is -2.36. The van der Waals surface area contributed by atoms with Crippen LogP contribution < -0.4 is 14.7 Å². The van der Waals surface area contributed by atoms with Gasteiger partial charge in [0.1, 0.15) is 0 Å². The molecule has 1 amide bonds. The van der Waals surface area contributed by atoms with Crippen molar-refractivity contribution in [2.45, 2.75) is 38.5 Å². The molecule has 0 bridgehead atoms. The highest BCUT2D eigenvalue weighted by Crippen LogP contribution is 2.44. The summed E-state index contributed by atoms with van der Waals surface area (Å²) < 4.78 is 1.70. The summed E-state index contributed by atoms with van der Waals surface area (Å²) in [5, 5.41) is 0.0371. The number of hydrogen-bond donors (Lipinski definition) is 0. The monoisotopic (exact) mass is 977 g/mol. The molecule has 1 aliphatic rings. The van der Waals surface area contributed by atoms with Gasteiger partial charge in [0.15, 0.2) is 8.64 Å². The highest BCUT2D eigenvalue weighted by Gasteiger charge is 2.31. The minimum Gasteiger partial charge on any atom is -0.295 e. The Balaban J connectivity index is 0.944. The molecule has 0 heterocycles. The Hall–Kier alpha value is -3.33. The number of amides is 1. The summed E-state index contributed by atoms with van der Waals surface area (Å²) in [7, 11) is 10.2. The van der Waals surface area contributed by atoms with E-state index in [0.717, 1.165) is 72.9 Å². The minimum atomic E-state index is 0.0371. The first-order chi connectivity index (χ1) is 31.0. The normalized spacial score (nSPS) is 15.9. The Morgan fingerprint density at radius 2 is 0.730 bits per heavy atom. The van der Waals surface area contributed by atoms with E-state index in [2.05, 4.69) is 107 Å². The molecular weight excluding hydrogens is 927 g/mol. The van der Waals surface area contributed by atoms with Crippen molar-refractivity contribution in [1.82, 2.24) is 0 Å². The van der Waals surface area contributed by atoms with Crippen LogP contribution in [0.4, 0.5) is 38.9 Å². The summed E-state index contributed by atoms with van der Waals surface area (Å²) in [5.41, 5.74) is 6.08. The molecule has 0 aliphatic heterocycles. The Kier molecular flexibility index (Phi) is 19.6. The number of hydrogen-bond acceptors (Lipinski definition) is 9. The lowest BCUT2D eigenvalue weighted by atomic mass is 9.71. The zero-order valence-corrected chi connectivity index (χ0v) is 41.5. The molecule has 0 aromatic heterocycles. The van der Waals surface area contributed by atoms with Crippen molar-refractivity contribution >= 4 is 137 Å². The molecule has 6 aromatic carbocycles. The SMILES string of the molecule is O=C(SSCCC1CCC(CCSSC(=S)N(c2ccccc2)c2ccccc2)C(CCSSC(=S)N(c2ccccc2)c2ccccc2)C1)N(c1ccccc1)c1ccccc1. The van der Waals surface area contributed by atoms with Crippen LogP contribution in [0.5, 0.6) is 0 Å². The van der Waals surface area contributed by atoms with Crippen LogP contribution in [-0.2, 0) is 0 Å². The highest BCUT2D eigenvalue weighted by atomic mass is 33.1. The van der Waals surface area contributed by atoms with Crippen molar-refractivity contribution in [1.29, 1.82) is 0 Å². The molecule has 12 heteroatoms. The second-order valence-electron chi connectivity index (χ2n) is 15.1. The van der Waals surface area contributed by atoms with Crippen molar-refractivity contribution < 1.29 is 4.79 Å². The first-order valence-corrected chi connectivity index (χ1v) is 29.0. The predicted octanol–water partition coefficient (Wildman–Crippen LogP) is 17.5. The summed E-state index contributed by atoms with van der Waals surface area (Å²) in [6.45, 7) is 0. The van der Waals surface area contributed by atoms with Gasteiger partial charge in [-0.3, -0.25) is 19.5 Å². The van der Waals surface area contributed by atoms with E-state index in [-0.39, 0.29) is 5.24 Å². The molecule has 3 unspecified atom stereocenters. The lowest BCUT2D eigenvalue weighted by Crippen LogP contribution is -2.26. The van der Waals surface area contributed by atoms with E-state index in [1.165, 1.54) is 36.5 Å². The molecule has 7 rings (SSSR count). The first-order valence-electron chi connectivity index (χ1n) is 21.3. The summed E-state index contributed by atoms with van der Waals surface area (Å²) in [5.74, 6) is 5.00. The fraction of sp³-hybridized carbons (Fsp3) is 0.235. The average molecular weight is 979 g/mol. The summed E-state index contributed by atoms with van der Waals surface area (Å²) >= 11 is 12.2. The quantitative estimate of drug-likeness (QED) is 0.0468. The molecule has 63 heavy (non-hydrogen) atoms. The van der Waals surface area contributed by atoms with Crippen LogP contribution in [0.2, 0.25) is 0 Å². The van der Waals surface area contributed by atoms with Crippen molar-refractivity contribution in [2.75, 3.05) is 32.0 Å². The Morgan fingerprint density at radius 3 is 1.11 bits per heavy atom. The number of carbonyl (C=O) groups excluding carboxylic acids is 1. The number of para-hydroxylation sites is 6. The maximum absolute atomic E-state index is 13.7. The summed E-state index contributed by atoms with van der Waals surface area (Å²) in [6.07, 6.45) is 7.16. The molecule has 324 valence electrons. The van der Waals surface area contributed by atoms with Gasteiger partial charge in [0.25, 0.3) is 0 Å². The van der Waals surface area contributed by atoms with Crippen LogP contribution in [-0.4, -0.2) is 31.1 Å². The Labute approximate surface area is 408 Å². The van der Waals surface area contributed by atoms with E-state index in [0.29, 0.717) is 17.8 Å². The average Bonchev–Trinajstić information content (AvgIpc) is 3.33. The molecule has 3 atom stereocenters. The van der Waals surface area contributed by atoms with Gasteiger partial charge in [0.2, 0.25) is 0 Å². The van der Waals surface area contributed by atoms with Gasteiger partial charge in [0, 0.05) is 62.2 Å². The van der Waals surface area contributed by atoms with Crippen LogP contribution in [0.3, 0.4) is 0 Å². The third-order valence-corrected chi connectivity index (χ3v) is 19.0. The van der Waals surface area contributed by atoms with E-state index < -0.39 is 0 Å². The Bertz CT molecular complexity index is 2160. The van der Waals surface area contributed by atoms with Gasteiger partial charge in [0.05, 0.1) is 0 Å². The number of rotatable bonds is 18. The van der Waals surface area contributed by atoms with Gasteiger partial charge in [-0.25, -0.2) is 0 Å². The van der Waals surface area contributed by atoms with E-state index >= 15 is 0 Å².